The van der Waals surface area contributed by atoms with Crippen molar-refractivity contribution in [1.82, 2.24) is 0 Å². The van der Waals surface area contributed by atoms with Crippen molar-refractivity contribution in [3.63, 3.8) is 0 Å². The van der Waals surface area contributed by atoms with E-state index in [1.54, 1.807) is 24.3 Å². The third kappa shape index (κ3) is 2.57. The first-order chi connectivity index (χ1) is 8.56. The van der Waals surface area contributed by atoms with Gasteiger partial charge < -0.3 is 10.5 Å². The molecule has 0 aliphatic carbocycles. The Morgan fingerprint density at radius 1 is 1.17 bits per heavy atom. The largest absolute Gasteiger partial charge is 0.457 e. The predicted molar refractivity (Wildman–Crippen MR) is 68.8 cm³/mol. The highest BCUT2D eigenvalue weighted by Crippen LogP contribution is 2.28. The molecule has 0 aliphatic heterocycles. The average molecular weight is 244 g/mol. The molecule has 5 heteroatoms. The fraction of sp³-hybridized carbons (Fsp3) is 0.0769. The van der Waals surface area contributed by atoms with Crippen molar-refractivity contribution in [2.24, 2.45) is 0 Å². The lowest BCUT2D eigenvalue weighted by Gasteiger charge is -2.09. The average Bonchev–Trinajstić information content (AvgIpc) is 2.34. The molecule has 2 N–H and O–H groups in total. The molecule has 2 rings (SSSR count). The van der Waals surface area contributed by atoms with Crippen LogP contribution in [0.25, 0.3) is 0 Å². The molecule has 0 atom stereocenters. The van der Waals surface area contributed by atoms with Crippen LogP contribution in [0, 0.1) is 17.0 Å². The molecule has 0 saturated heterocycles. The van der Waals surface area contributed by atoms with Gasteiger partial charge in [0.2, 0.25) is 0 Å². The quantitative estimate of drug-likeness (QED) is 0.510. The van der Waals surface area contributed by atoms with Gasteiger partial charge in [-0.25, -0.2) is 0 Å². The van der Waals surface area contributed by atoms with E-state index < -0.39 is 4.92 Å². The van der Waals surface area contributed by atoms with E-state index in [4.69, 9.17) is 10.5 Å². The van der Waals surface area contributed by atoms with Crippen molar-refractivity contribution in [1.29, 1.82) is 0 Å². The van der Waals surface area contributed by atoms with Crippen LogP contribution in [0.3, 0.4) is 0 Å². The van der Waals surface area contributed by atoms with Gasteiger partial charge in [0, 0.05) is 23.9 Å². The molecule has 0 fully saturated rings. The summed E-state index contributed by atoms with van der Waals surface area (Å²) < 4.78 is 5.62. The number of ether oxygens (including phenoxy) is 1. The van der Waals surface area contributed by atoms with Gasteiger partial charge in [-0.15, -0.1) is 0 Å². The number of nitrogens with zero attached hydrogens (tertiary/aromatic N) is 1. The Morgan fingerprint density at radius 3 is 2.44 bits per heavy atom. The minimum Gasteiger partial charge on any atom is -0.457 e. The van der Waals surface area contributed by atoms with Gasteiger partial charge >= 0.3 is 0 Å². The Hall–Kier alpha value is -2.56. The van der Waals surface area contributed by atoms with Gasteiger partial charge in [-0.3, -0.25) is 10.1 Å². The van der Waals surface area contributed by atoms with E-state index in [2.05, 4.69) is 0 Å². The predicted octanol–water partition coefficient (Wildman–Crippen LogP) is 3.28. The minimum atomic E-state index is -0.449. The maximum Gasteiger partial charge on any atom is 0.269 e. The Balaban J connectivity index is 2.23. The van der Waals surface area contributed by atoms with Crippen LogP contribution in [0.5, 0.6) is 11.5 Å². The number of nitro groups is 1. The number of anilines is 1. The molecule has 0 spiro atoms. The molecule has 0 radical (unpaired) electrons. The summed E-state index contributed by atoms with van der Waals surface area (Å²) in [5, 5.41) is 10.5. The molecule has 5 nitrogen and oxygen atoms in total. The van der Waals surface area contributed by atoms with Gasteiger partial charge in [-0.05, 0) is 30.7 Å². The van der Waals surface area contributed by atoms with E-state index in [1.165, 1.54) is 12.1 Å². The Bertz CT molecular complexity index is 579. The highest BCUT2D eigenvalue weighted by Gasteiger charge is 2.06. The van der Waals surface area contributed by atoms with Crippen LogP contribution in [0.4, 0.5) is 11.4 Å². The van der Waals surface area contributed by atoms with E-state index >= 15 is 0 Å². The summed E-state index contributed by atoms with van der Waals surface area (Å²) in [4.78, 5) is 10.1. The van der Waals surface area contributed by atoms with Crippen LogP contribution in [0.2, 0.25) is 0 Å². The smallest absolute Gasteiger partial charge is 0.269 e. The first kappa shape index (κ1) is 11.9. The third-order valence-corrected chi connectivity index (χ3v) is 2.49. The molecule has 0 saturated carbocycles. The van der Waals surface area contributed by atoms with E-state index in [0.29, 0.717) is 17.2 Å². The van der Waals surface area contributed by atoms with Crippen LogP contribution in [-0.2, 0) is 0 Å². The Morgan fingerprint density at radius 2 is 1.83 bits per heavy atom. The molecule has 0 aliphatic rings. The first-order valence-corrected chi connectivity index (χ1v) is 5.35. The van der Waals surface area contributed by atoms with Crippen LogP contribution in [0.1, 0.15) is 5.56 Å². The molecule has 0 heterocycles. The maximum atomic E-state index is 10.5. The highest BCUT2D eigenvalue weighted by atomic mass is 16.6. The fourth-order valence-corrected chi connectivity index (χ4v) is 1.49. The van der Waals surface area contributed by atoms with Gasteiger partial charge in [0.15, 0.2) is 0 Å². The third-order valence-electron chi connectivity index (χ3n) is 2.49. The number of benzene rings is 2. The minimum absolute atomic E-state index is 0.0339. The number of aryl methyl sites for hydroxylation is 1. The fourth-order valence-electron chi connectivity index (χ4n) is 1.49. The van der Waals surface area contributed by atoms with Gasteiger partial charge in [-0.1, -0.05) is 6.07 Å². The van der Waals surface area contributed by atoms with Crippen molar-refractivity contribution in [2.75, 3.05) is 5.73 Å². The molecule has 2 aromatic carbocycles. The second-order valence-electron chi connectivity index (χ2n) is 3.88. The Kier molecular flexibility index (Phi) is 3.14. The summed E-state index contributed by atoms with van der Waals surface area (Å²) in [6.07, 6.45) is 0. The summed E-state index contributed by atoms with van der Waals surface area (Å²) in [6, 6.07) is 11.3. The first-order valence-electron chi connectivity index (χ1n) is 5.35. The topological polar surface area (TPSA) is 78.4 Å². The maximum absolute atomic E-state index is 10.5. The molecule has 0 aromatic heterocycles. The van der Waals surface area contributed by atoms with Crippen molar-refractivity contribution >= 4 is 11.4 Å². The molecule has 18 heavy (non-hydrogen) atoms. The SMILES string of the molecule is Cc1ccc(N)cc1Oc1ccc([N+](=O)[O-])cc1. The van der Waals surface area contributed by atoms with Crippen LogP contribution in [-0.4, -0.2) is 4.92 Å². The van der Waals surface area contributed by atoms with Crippen LogP contribution < -0.4 is 10.5 Å². The number of hydrogen-bond acceptors (Lipinski definition) is 4. The van der Waals surface area contributed by atoms with Gasteiger partial charge in [0.25, 0.3) is 5.69 Å². The van der Waals surface area contributed by atoms with Gasteiger partial charge in [-0.2, -0.15) is 0 Å². The molecular weight excluding hydrogens is 232 g/mol. The summed E-state index contributed by atoms with van der Waals surface area (Å²) >= 11 is 0. The summed E-state index contributed by atoms with van der Waals surface area (Å²) in [6.45, 7) is 1.90. The van der Waals surface area contributed by atoms with Crippen LogP contribution in [0.15, 0.2) is 42.5 Å². The molecule has 0 unspecified atom stereocenters. The number of non-ortho nitro benzene ring substituents is 1. The van der Waals surface area contributed by atoms with Gasteiger partial charge in [0.05, 0.1) is 4.92 Å². The zero-order chi connectivity index (χ0) is 13.1. The second-order valence-corrected chi connectivity index (χ2v) is 3.88. The lowest BCUT2D eigenvalue weighted by molar-refractivity contribution is -0.384. The van der Waals surface area contributed by atoms with Crippen molar-refractivity contribution in [3.05, 3.63) is 58.1 Å². The normalized spacial score (nSPS) is 10.1. The number of rotatable bonds is 3. The molecule has 0 amide bonds. The number of nitro benzene ring substituents is 1. The van der Waals surface area contributed by atoms with E-state index in [1.807, 2.05) is 13.0 Å². The van der Waals surface area contributed by atoms with Crippen LogP contribution >= 0.6 is 0 Å². The highest BCUT2D eigenvalue weighted by molar-refractivity contribution is 5.49. The monoisotopic (exact) mass is 244 g/mol. The Labute approximate surface area is 104 Å². The second kappa shape index (κ2) is 4.75. The van der Waals surface area contributed by atoms with Gasteiger partial charge in [0.1, 0.15) is 11.5 Å². The molecule has 2 aromatic rings. The lowest BCUT2D eigenvalue weighted by Crippen LogP contribution is -1.91. The van der Waals surface area contributed by atoms with E-state index in [9.17, 15) is 10.1 Å². The van der Waals surface area contributed by atoms with Crippen molar-refractivity contribution in [3.8, 4) is 11.5 Å². The number of nitrogen functional groups attached to an aromatic ring is 1. The molecule has 0 bridgehead atoms. The van der Waals surface area contributed by atoms with E-state index in [-0.39, 0.29) is 5.69 Å². The number of nitrogens with two attached hydrogens (primary N) is 1. The zero-order valence-corrected chi connectivity index (χ0v) is 9.79. The van der Waals surface area contributed by atoms with Crippen molar-refractivity contribution < 1.29 is 9.66 Å². The standard InChI is InChI=1S/C13H12N2O3/c1-9-2-3-10(14)8-13(9)18-12-6-4-11(5-7-12)15(16)17/h2-8H,14H2,1H3. The summed E-state index contributed by atoms with van der Waals surface area (Å²) in [5.41, 5.74) is 7.27. The zero-order valence-electron chi connectivity index (χ0n) is 9.79. The number of hydrogen-bond donors (Lipinski definition) is 1. The summed E-state index contributed by atoms with van der Waals surface area (Å²) in [7, 11) is 0. The lowest BCUT2D eigenvalue weighted by atomic mass is 10.2. The van der Waals surface area contributed by atoms with E-state index in [0.717, 1.165) is 5.56 Å². The van der Waals surface area contributed by atoms with Crippen molar-refractivity contribution in [2.45, 2.75) is 6.92 Å². The molecular formula is C13H12N2O3. The molecule has 92 valence electrons. The summed E-state index contributed by atoms with van der Waals surface area (Å²) in [5.74, 6) is 1.18.